The van der Waals surface area contributed by atoms with Crippen LogP contribution in [0.3, 0.4) is 0 Å². The van der Waals surface area contributed by atoms with Crippen molar-refractivity contribution in [3.05, 3.63) is 29.8 Å². The van der Waals surface area contributed by atoms with Crippen molar-refractivity contribution < 1.29 is 19.1 Å². The molecule has 3 rings (SSSR count). The monoisotopic (exact) mass is 320 g/mol. The third-order valence-electron chi connectivity index (χ3n) is 3.89. The Kier molecular flexibility index (Phi) is 4.06. The number of cyclic esters (lactones) is 1. The van der Waals surface area contributed by atoms with Gasteiger partial charge in [-0.15, -0.1) is 11.8 Å². The maximum Gasteiger partial charge on any atom is 0.411 e. The SMILES string of the molecule is CSc1cccc([C@H]2CN(C3CCC(=O)NC3=O)C(=O)O2)c1. The first-order valence-electron chi connectivity index (χ1n) is 7.03. The fourth-order valence-electron chi connectivity index (χ4n) is 2.73. The second kappa shape index (κ2) is 6.00. The average molecular weight is 320 g/mol. The lowest BCUT2D eigenvalue weighted by atomic mass is 10.0. The molecule has 0 aromatic heterocycles. The summed E-state index contributed by atoms with van der Waals surface area (Å²) in [4.78, 5) is 37.7. The van der Waals surface area contributed by atoms with E-state index in [1.165, 1.54) is 4.90 Å². The van der Waals surface area contributed by atoms with Crippen molar-refractivity contribution in [1.82, 2.24) is 10.2 Å². The largest absolute Gasteiger partial charge is 0.439 e. The predicted molar refractivity (Wildman–Crippen MR) is 80.3 cm³/mol. The number of carbonyl (C=O) groups excluding carboxylic acids is 3. The molecule has 1 aromatic rings. The molecule has 0 radical (unpaired) electrons. The summed E-state index contributed by atoms with van der Waals surface area (Å²) in [5.41, 5.74) is 0.912. The van der Waals surface area contributed by atoms with Gasteiger partial charge in [0.1, 0.15) is 12.1 Å². The third kappa shape index (κ3) is 2.81. The number of imide groups is 1. The number of amides is 3. The van der Waals surface area contributed by atoms with Crippen molar-refractivity contribution >= 4 is 29.7 Å². The molecule has 0 aliphatic carbocycles. The van der Waals surface area contributed by atoms with E-state index in [0.717, 1.165) is 10.5 Å². The number of nitrogens with one attached hydrogen (secondary N) is 1. The van der Waals surface area contributed by atoms with E-state index in [2.05, 4.69) is 5.32 Å². The average Bonchev–Trinajstić information content (AvgIpc) is 2.89. The maximum atomic E-state index is 12.1. The van der Waals surface area contributed by atoms with Gasteiger partial charge >= 0.3 is 6.09 Å². The molecule has 2 aliphatic heterocycles. The molecule has 2 aliphatic rings. The first kappa shape index (κ1) is 14.9. The molecule has 0 bridgehead atoms. The van der Waals surface area contributed by atoms with Gasteiger partial charge in [-0.1, -0.05) is 12.1 Å². The maximum absolute atomic E-state index is 12.1. The molecule has 0 saturated carbocycles. The first-order chi connectivity index (χ1) is 10.6. The summed E-state index contributed by atoms with van der Waals surface area (Å²) in [6, 6.07) is 7.17. The van der Waals surface area contributed by atoms with Gasteiger partial charge in [0.2, 0.25) is 11.8 Å². The minimum Gasteiger partial charge on any atom is -0.439 e. The lowest BCUT2D eigenvalue weighted by molar-refractivity contribution is -0.136. The van der Waals surface area contributed by atoms with E-state index in [1.807, 2.05) is 30.5 Å². The van der Waals surface area contributed by atoms with E-state index in [4.69, 9.17) is 4.74 Å². The molecule has 1 unspecified atom stereocenters. The normalized spacial score (nSPS) is 25.1. The highest BCUT2D eigenvalue weighted by atomic mass is 32.2. The van der Waals surface area contributed by atoms with Gasteiger partial charge in [0, 0.05) is 11.3 Å². The molecule has 6 nitrogen and oxygen atoms in total. The molecule has 2 saturated heterocycles. The van der Waals surface area contributed by atoms with Crippen LogP contribution in [-0.2, 0) is 14.3 Å². The summed E-state index contributed by atoms with van der Waals surface area (Å²) >= 11 is 1.62. The minimum absolute atomic E-state index is 0.243. The van der Waals surface area contributed by atoms with Crippen LogP contribution in [0.15, 0.2) is 29.2 Å². The zero-order valence-corrected chi connectivity index (χ0v) is 12.9. The molecule has 1 N–H and O–H groups in total. The topological polar surface area (TPSA) is 75.7 Å². The first-order valence-corrected chi connectivity index (χ1v) is 8.26. The van der Waals surface area contributed by atoms with E-state index in [9.17, 15) is 14.4 Å². The number of thioether (sulfide) groups is 1. The molecular weight excluding hydrogens is 304 g/mol. The number of carbonyl (C=O) groups is 3. The Balaban J connectivity index is 1.75. The van der Waals surface area contributed by atoms with Gasteiger partial charge in [0.25, 0.3) is 0 Å². The molecule has 2 fully saturated rings. The van der Waals surface area contributed by atoms with Crippen LogP contribution in [0.5, 0.6) is 0 Å². The summed E-state index contributed by atoms with van der Waals surface area (Å²) in [6.07, 6.45) is 1.68. The van der Waals surface area contributed by atoms with Crippen LogP contribution >= 0.6 is 11.8 Å². The van der Waals surface area contributed by atoms with Crippen LogP contribution in [0.2, 0.25) is 0 Å². The minimum atomic E-state index is -0.626. The summed E-state index contributed by atoms with van der Waals surface area (Å²) in [6.45, 7) is 0.322. The van der Waals surface area contributed by atoms with Crippen molar-refractivity contribution in [2.24, 2.45) is 0 Å². The van der Waals surface area contributed by atoms with E-state index in [1.54, 1.807) is 11.8 Å². The van der Waals surface area contributed by atoms with E-state index < -0.39 is 18.0 Å². The summed E-state index contributed by atoms with van der Waals surface area (Å²) in [5, 5.41) is 2.27. The zero-order valence-electron chi connectivity index (χ0n) is 12.1. The van der Waals surface area contributed by atoms with Crippen LogP contribution in [0.25, 0.3) is 0 Å². The molecule has 2 heterocycles. The Morgan fingerprint density at radius 3 is 2.86 bits per heavy atom. The molecule has 116 valence electrons. The lowest BCUT2D eigenvalue weighted by Gasteiger charge is -2.27. The predicted octanol–water partition coefficient (Wildman–Crippen LogP) is 1.71. The third-order valence-corrected chi connectivity index (χ3v) is 4.62. The second-order valence-corrected chi connectivity index (χ2v) is 6.15. The van der Waals surface area contributed by atoms with Crippen molar-refractivity contribution in [3.8, 4) is 0 Å². The molecule has 1 aromatic carbocycles. The number of nitrogens with zero attached hydrogens (tertiary/aromatic N) is 1. The zero-order chi connectivity index (χ0) is 15.7. The van der Waals surface area contributed by atoms with Gasteiger partial charge in [-0.25, -0.2) is 4.79 Å². The van der Waals surface area contributed by atoms with Gasteiger partial charge < -0.3 is 4.74 Å². The van der Waals surface area contributed by atoms with Crippen molar-refractivity contribution in [2.75, 3.05) is 12.8 Å². The van der Waals surface area contributed by atoms with Gasteiger partial charge in [-0.05, 0) is 30.4 Å². The smallest absolute Gasteiger partial charge is 0.411 e. The van der Waals surface area contributed by atoms with E-state index >= 15 is 0 Å². The molecular formula is C15H16N2O4S. The van der Waals surface area contributed by atoms with Crippen LogP contribution in [0, 0.1) is 0 Å². The molecule has 3 amide bonds. The van der Waals surface area contributed by atoms with E-state index in [-0.39, 0.29) is 18.4 Å². The quantitative estimate of drug-likeness (QED) is 0.678. The summed E-state index contributed by atoms with van der Waals surface area (Å²) in [7, 11) is 0. The van der Waals surface area contributed by atoms with E-state index in [0.29, 0.717) is 13.0 Å². The molecule has 7 heteroatoms. The molecule has 0 spiro atoms. The van der Waals surface area contributed by atoms with Crippen molar-refractivity contribution in [2.45, 2.75) is 29.9 Å². The highest BCUT2D eigenvalue weighted by Crippen LogP contribution is 2.31. The number of ether oxygens (including phenoxy) is 1. The second-order valence-electron chi connectivity index (χ2n) is 5.27. The number of hydrogen-bond acceptors (Lipinski definition) is 5. The number of piperidine rings is 1. The van der Waals surface area contributed by atoms with Crippen molar-refractivity contribution in [3.63, 3.8) is 0 Å². The number of benzene rings is 1. The van der Waals surface area contributed by atoms with Crippen LogP contribution < -0.4 is 5.32 Å². The number of hydrogen-bond donors (Lipinski definition) is 1. The van der Waals surface area contributed by atoms with Crippen LogP contribution in [0.1, 0.15) is 24.5 Å². The Hall–Kier alpha value is -2.02. The fraction of sp³-hybridized carbons (Fsp3) is 0.400. The highest BCUT2D eigenvalue weighted by molar-refractivity contribution is 7.98. The van der Waals surface area contributed by atoms with Gasteiger partial charge in [0.15, 0.2) is 0 Å². The Bertz CT molecular complexity index is 634. The van der Waals surface area contributed by atoms with Crippen molar-refractivity contribution in [1.29, 1.82) is 0 Å². The van der Waals surface area contributed by atoms with Gasteiger partial charge in [-0.2, -0.15) is 0 Å². The van der Waals surface area contributed by atoms with Crippen LogP contribution in [0.4, 0.5) is 4.79 Å². The lowest BCUT2D eigenvalue weighted by Crippen LogP contribution is -2.52. The molecule has 2 atom stereocenters. The van der Waals surface area contributed by atoms with Gasteiger partial charge in [0.05, 0.1) is 6.54 Å². The highest BCUT2D eigenvalue weighted by Gasteiger charge is 2.41. The van der Waals surface area contributed by atoms with Gasteiger partial charge in [-0.3, -0.25) is 19.8 Å². The standard InChI is InChI=1S/C15H16N2O4S/c1-22-10-4-2-3-9(7-10)12-8-17(15(20)21-12)11-5-6-13(18)16-14(11)19/h2-4,7,11-12H,5-6,8H2,1H3,(H,16,18,19)/t11?,12-/m1/s1. The number of rotatable bonds is 3. The van der Waals surface area contributed by atoms with Crippen LogP contribution in [-0.4, -0.2) is 41.6 Å². The fourth-order valence-corrected chi connectivity index (χ4v) is 3.20. The Morgan fingerprint density at radius 1 is 1.32 bits per heavy atom. The summed E-state index contributed by atoms with van der Waals surface area (Å²) < 4.78 is 5.40. The Labute approximate surface area is 132 Å². The Morgan fingerprint density at radius 2 is 2.14 bits per heavy atom. The summed E-state index contributed by atoms with van der Waals surface area (Å²) in [5.74, 6) is -0.718. The molecule has 22 heavy (non-hydrogen) atoms.